The van der Waals surface area contributed by atoms with Gasteiger partial charge in [0.15, 0.2) is 11.0 Å². The number of aromatic nitrogens is 3. The highest BCUT2D eigenvalue weighted by atomic mass is 35.5. The number of fused-ring (bicyclic) bond motifs is 6. The van der Waals surface area contributed by atoms with Gasteiger partial charge in [0, 0.05) is 18.4 Å². The van der Waals surface area contributed by atoms with E-state index in [0.29, 0.717) is 50.1 Å². The largest absolute Gasteiger partial charge is 0.477 e. The number of carbonyl (C=O) groups is 1. The molecule has 4 saturated heterocycles. The van der Waals surface area contributed by atoms with E-state index in [4.69, 9.17) is 35.5 Å². The summed E-state index contributed by atoms with van der Waals surface area (Å²) in [5, 5.41) is 0.0693. The molecule has 10 nitrogen and oxygen atoms in total. The number of amides is 1. The summed E-state index contributed by atoms with van der Waals surface area (Å²) in [7, 11) is 0. The van der Waals surface area contributed by atoms with Crippen LogP contribution < -0.4 is 14.4 Å². The number of hydrogen-bond donors (Lipinski definition) is 0. The fourth-order valence-electron chi connectivity index (χ4n) is 6.77. The lowest BCUT2D eigenvalue weighted by molar-refractivity contribution is 0.00636. The molecule has 3 atom stereocenters. The Bertz CT molecular complexity index is 1310. The highest BCUT2D eigenvalue weighted by Crippen LogP contribution is 2.50. The summed E-state index contributed by atoms with van der Waals surface area (Å²) in [6.07, 6.45) is 4.22. The second kappa shape index (κ2) is 8.42. The molecule has 38 heavy (non-hydrogen) atoms. The van der Waals surface area contributed by atoms with Crippen LogP contribution in [-0.4, -0.2) is 82.1 Å². The van der Waals surface area contributed by atoms with Crippen LogP contribution in [0.4, 0.5) is 15.0 Å². The zero-order valence-electron chi connectivity index (χ0n) is 21.7. The van der Waals surface area contributed by atoms with Crippen LogP contribution in [0.2, 0.25) is 5.15 Å². The Morgan fingerprint density at radius 2 is 2.00 bits per heavy atom. The maximum Gasteiger partial charge on any atom is 0.410 e. The molecule has 1 unspecified atom stereocenters. The third-order valence-corrected chi connectivity index (χ3v) is 8.70. The Labute approximate surface area is 224 Å². The van der Waals surface area contributed by atoms with Crippen molar-refractivity contribution in [2.75, 3.05) is 31.3 Å². The number of piperazine rings is 1. The molecule has 0 aromatic carbocycles. The number of anilines is 1. The van der Waals surface area contributed by atoms with Crippen LogP contribution in [0, 0.1) is 11.2 Å². The Balaban J connectivity index is 1.28. The quantitative estimate of drug-likeness (QED) is 0.525. The molecule has 1 amide bonds. The second-order valence-electron chi connectivity index (χ2n) is 12.2. The lowest BCUT2D eigenvalue weighted by atomic mass is 9.71. The minimum Gasteiger partial charge on any atom is -0.477 e. The van der Waals surface area contributed by atoms with E-state index in [1.54, 1.807) is 0 Å². The Hall–Kier alpha value is -2.66. The smallest absolute Gasteiger partial charge is 0.410 e. The fraction of sp³-hybridized carbons (Fsp3) is 0.692. The molecule has 0 N–H and O–H groups in total. The van der Waals surface area contributed by atoms with Crippen molar-refractivity contribution in [3.63, 3.8) is 0 Å². The van der Waals surface area contributed by atoms with E-state index in [-0.39, 0.29) is 52.2 Å². The van der Waals surface area contributed by atoms with Gasteiger partial charge in [0.1, 0.15) is 22.3 Å². The van der Waals surface area contributed by atoms with Crippen molar-refractivity contribution in [2.24, 2.45) is 5.41 Å². The number of hydrogen-bond acceptors (Lipinski definition) is 9. The zero-order chi connectivity index (χ0) is 26.4. The first-order chi connectivity index (χ1) is 18.1. The molecule has 6 aliphatic rings. The normalized spacial score (nSPS) is 31.3. The number of nitrogens with zero attached hydrogens (tertiary/aromatic N) is 5. The highest BCUT2D eigenvalue weighted by molar-refractivity contribution is 6.30. The van der Waals surface area contributed by atoms with Gasteiger partial charge in [-0.05, 0) is 46.5 Å². The Morgan fingerprint density at radius 3 is 2.74 bits per heavy atom. The first-order valence-corrected chi connectivity index (χ1v) is 13.7. The van der Waals surface area contributed by atoms with E-state index in [1.165, 1.54) is 0 Å². The predicted octanol–water partition coefficient (Wildman–Crippen LogP) is 4.11. The molecule has 1 aliphatic carbocycles. The predicted molar refractivity (Wildman–Crippen MR) is 135 cm³/mol. The van der Waals surface area contributed by atoms with Crippen molar-refractivity contribution in [2.45, 2.75) is 82.7 Å². The number of halogens is 2. The van der Waals surface area contributed by atoms with Crippen LogP contribution in [0.25, 0.3) is 10.9 Å². The molecule has 5 fully saturated rings. The Kier molecular flexibility index (Phi) is 5.40. The van der Waals surface area contributed by atoms with E-state index in [1.807, 2.05) is 25.7 Å². The van der Waals surface area contributed by atoms with Crippen molar-refractivity contribution >= 4 is 34.4 Å². The molecule has 5 aliphatic heterocycles. The van der Waals surface area contributed by atoms with Crippen LogP contribution >= 0.6 is 11.6 Å². The van der Waals surface area contributed by atoms with E-state index in [0.717, 1.165) is 25.7 Å². The zero-order valence-corrected chi connectivity index (χ0v) is 22.5. The molecule has 4 bridgehead atoms. The molecular weight excluding hydrogens is 517 g/mol. The number of rotatable bonds is 3. The van der Waals surface area contributed by atoms with E-state index in [2.05, 4.69) is 14.9 Å². The van der Waals surface area contributed by atoms with Gasteiger partial charge in [-0.25, -0.2) is 9.18 Å². The van der Waals surface area contributed by atoms with Crippen molar-refractivity contribution in [1.29, 1.82) is 0 Å². The average Bonchev–Trinajstić information content (AvgIpc) is 3.52. The first kappa shape index (κ1) is 24.4. The number of ether oxygens (including phenoxy) is 4. The van der Waals surface area contributed by atoms with Gasteiger partial charge < -0.3 is 23.8 Å². The molecule has 0 radical (unpaired) electrons. The van der Waals surface area contributed by atoms with Crippen LogP contribution in [0.1, 0.15) is 52.9 Å². The lowest BCUT2D eigenvalue weighted by Crippen LogP contribution is -2.62. The fourth-order valence-corrected chi connectivity index (χ4v) is 6.94. The van der Waals surface area contributed by atoms with Gasteiger partial charge in [-0.15, -0.1) is 0 Å². The van der Waals surface area contributed by atoms with Crippen molar-refractivity contribution < 1.29 is 28.1 Å². The standard InChI is InChI=1S/C26H31ClFN5O5/c1-25(2,3)38-24(34)33-13-4-5-16(33)15-6-7-35-22-17-19(18(28)20(27)30-22)29-23(31-21(17)32(15)10-13)37-12-26-8-14(9-26)36-11-26/h13-16H,4-12H2,1-3H3/t13-,14?,15?,16+,26?/m1/s1. The molecule has 1 saturated carbocycles. The van der Waals surface area contributed by atoms with Crippen LogP contribution in [0.15, 0.2) is 0 Å². The van der Waals surface area contributed by atoms with Crippen molar-refractivity contribution in [3.05, 3.63) is 11.0 Å². The van der Waals surface area contributed by atoms with Crippen molar-refractivity contribution in [1.82, 2.24) is 19.9 Å². The molecule has 8 rings (SSSR count). The first-order valence-electron chi connectivity index (χ1n) is 13.3. The molecule has 7 heterocycles. The molecule has 2 aromatic heterocycles. The Morgan fingerprint density at radius 1 is 1.18 bits per heavy atom. The summed E-state index contributed by atoms with van der Waals surface area (Å²) in [5.41, 5.74) is -0.596. The molecule has 204 valence electrons. The summed E-state index contributed by atoms with van der Waals surface area (Å²) in [6, 6.07) is -0.163. The molecular formula is C26H31ClFN5O5. The van der Waals surface area contributed by atoms with Gasteiger partial charge in [-0.1, -0.05) is 11.6 Å². The summed E-state index contributed by atoms with van der Waals surface area (Å²) < 4.78 is 38.9. The summed E-state index contributed by atoms with van der Waals surface area (Å²) in [5.74, 6) is -0.0285. The topological polar surface area (TPSA) is 99.1 Å². The van der Waals surface area contributed by atoms with Gasteiger partial charge in [-0.2, -0.15) is 15.0 Å². The van der Waals surface area contributed by atoms with E-state index < -0.39 is 11.4 Å². The van der Waals surface area contributed by atoms with Gasteiger partial charge in [0.2, 0.25) is 5.88 Å². The van der Waals surface area contributed by atoms with E-state index in [9.17, 15) is 4.79 Å². The minimum absolute atomic E-state index is 0.0224. The highest BCUT2D eigenvalue weighted by Gasteiger charge is 2.53. The van der Waals surface area contributed by atoms with Gasteiger partial charge in [0.05, 0.1) is 44.1 Å². The van der Waals surface area contributed by atoms with E-state index >= 15 is 4.39 Å². The summed E-state index contributed by atoms with van der Waals surface area (Å²) in [6.45, 7) is 7.52. The lowest BCUT2D eigenvalue weighted by Gasteiger charge is -2.48. The van der Waals surface area contributed by atoms with Crippen LogP contribution in [0.5, 0.6) is 11.9 Å². The summed E-state index contributed by atoms with van der Waals surface area (Å²) >= 11 is 6.15. The number of carbonyl (C=O) groups excluding carboxylic acids is 1. The minimum atomic E-state index is -0.735. The van der Waals surface area contributed by atoms with Crippen molar-refractivity contribution in [3.8, 4) is 11.9 Å². The average molecular weight is 548 g/mol. The van der Waals surface area contributed by atoms with Crippen LogP contribution in [-0.2, 0) is 9.47 Å². The van der Waals surface area contributed by atoms with Gasteiger partial charge >= 0.3 is 12.1 Å². The molecule has 0 spiro atoms. The molecule has 2 aromatic rings. The van der Waals surface area contributed by atoms with Gasteiger partial charge in [-0.3, -0.25) is 4.90 Å². The molecule has 12 heteroatoms. The third-order valence-electron chi connectivity index (χ3n) is 8.45. The van der Waals surface area contributed by atoms with Gasteiger partial charge in [0.25, 0.3) is 0 Å². The second-order valence-corrected chi connectivity index (χ2v) is 12.6. The third kappa shape index (κ3) is 3.84. The maximum absolute atomic E-state index is 15.4. The maximum atomic E-state index is 15.4. The van der Waals surface area contributed by atoms with Crippen LogP contribution in [0.3, 0.4) is 0 Å². The monoisotopic (exact) mass is 547 g/mol. The summed E-state index contributed by atoms with van der Waals surface area (Å²) in [4.78, 5) is 30.7. The number of pyridine rings is 1. The SMILES string of the molecule is CC(C)(C)OC(=O)N1[C@@H]2CC[C@H]1C1CCOc3nc(Cl)c(F)c4nc(OCC56COC(C5)C6)nc(c34)N1C2.